The first-order valence-corrected chi connectivity index (χ1v) is 2.82. The van der Waals surface area contributed by atoms with Gasteiger partial charge in [0.05, 0.1) is 11.6 Å². The molecule has 1 aliphatic rings. The molecule has 0 bridgehead atoms. The van der Waals surface area contributed by atoms with Crippen LogP contribution in [-0.4, -0.2) is 18.2 Å². The highest BCUT2D eigenvalue weighted by Gasteiger charge is 2.07. The summed E-state index contributed by atoms with van der Waals surface area (Å²) in [5, 5.41) is 7.08. The molecule has 1 heterocycles. The van der Waals surface area contributed by atoms with E-state index in [-0.39, 0.29) is 0 Å². The normalized spacial score (nSPS) is 34.5. The molecule has 0 aromatic rings. The lowest BCUT2D eigenvalue weighted by molar-refractivity contribution is 0.789. The van der Waals surface area contributed by atoms with Gasteiger partial charge >= 0.3 is 0 Å². The molecule has 1 fully saturated rings. The summed E-state index contributed by atoms with van der Waals surface area (Å²) >= 11 is 3.33. The Bertz CT molecular complexity index is 42.1. The van der Waals surface area contributed by atoms with E-state index >= 15 is 0 Å². The predicted octanol–water partition coefficient (Wildman–Crippen LogP) is -0.128. The summed E-state index contributed by atoms with van der Waals surface area (Å²) in [5.74, 6) is 0. The lowest BCUT2D eigenvalue weighted by atomic mass is 10.7. The standard InChI is InChI=1S/C3H6BrN2/c4-3-1-5-2-6-3/h3,6H,1-2H2. The second-order valence-electron chi connectivity index (χ2n) is 1.24. The maximum atomic E-state index is 4.01. The Hall–Kier alpha value is 0.400. The van der Waals surface area contributed by atoms with Crippen LogP contribution in [0, 0.1) is 0 Å². The third-order valence-corrected chi connectivity index (χ3v) is 1.33. The largest absolute Gasteiger partial charge is 0.290 e. The van der Waals surface area contributed by atoms with Crippen LogP contribution < -0.4 is 10.6 Å². The van der Waals surface area contributed by atoms with Gasteiger partial charge in [0.15, 0.2) is 0 Å². The fourth-order valence-corrected chi connectivity index (χ4v) is 0.756. The zero-order chi connectivity index (χ0) is 4.41. The van der Waals surface area contributed by atoms with Gasteiger partial charge < -0.3 is 0 Å². The minimum atomic E-state index is 0.442. The monoisotopic (exact) mass is 149 g/mol. The van der Waals surface area contributed by atoms with Gasteiger partial charge in [-0.3, -0.25) is 5.32 Å². The average molecular weight is 150 g/mol. The minimum absolute atomic E-state index is 0.442. The molecule has 1 unspecified atom stereocenters. The lowest BCUT2D eigenvalue weighted by Gasteiger charge is -1.90. The van der Waals surface area contributed by atoms with Crippen LogP contribution >= 0.6 is 15.9 Å². The number of rotatable bonds is 0. The maximum Gasteiger partial charge on any atom is 0.0784 e. The molecule has 6 heavy (non-hydrogen) atoms. The molecule has 35 valence electrons. The molecule has 3 heteroatoms. The topological polar surface area (TPSA) is 26.1 Å². The van der Waals surface area contributed by atoms with Crippen molar-refractivity contribution in [1.82, 2.24) is 10.6 Å². The van der Waals surface area contributed by atoms with E-state index in [1.165, 1.54) is 0 Å². The van der Waals surface area contributed by atoms with Gasteiger partial charge in [-0.15, -0.1) is 0 Å². The maximum absolute atomic E-state index is 4.01. The van der Waals surface area contributed by atoms with E-state index in [1.807, 2.05) is 0 Å². The fourth-order valence-electron chi connectivity index (χ4n) is 0.406. The van der Waals surface area contributed by atoms with Crippen molar-refractivity contribution in [3.8, 4) is 0 Å². The van der Waals surface area contributed by atoms with Gasteiger partial charge in [-0.2, -0.15) is 0 Å². The number of nitrogens with zero attached hydrogens (tertiary/aromatic N) is 1. The quantitative estimate of drug-likeness (QED) is 0.378. The van der Waals surface area contributed by atoms with Crippen LogP contribution in [0.5, 0.6) is 0 Å². The smallest absolute Gasteiger partial charge is 0.0784 e. The molecule has 1 rings (SSSR count). The minimum Gasteiger partial charge on any atom is -0.290 e. The van der Waals surface area contributed by atoms with Gasteiger partial charge in [0.1, 0.15) is 0 Å². The van der Waals surface area contributed by atoms with Crippen LogP contribution in [-0.2, 0) is 0 Å². The van der Waals surface area contributed by atoms with Crippen molar-refractivity contribution in [2.75, 3.05) is 13.2 Å². The molecule has 2 nitrogen and oxygen atoms in total. The third-order valence-electron chi connectivity index (χ3n) is 0.714. The Morgan fingerprint density at radius 2 is 2.67 bits per heavy atom. The molecular weight excluding hydrogens is 144 g/mol. The van der Waals surface area contributed by atoms with Crippen molar-refractivity contribution in [3.63, 3.8) is 0 Å². The third kappa shape index (κ3) is 0.929. The SMILES string of the molecule is BrC1C[N]CN1. The highest BCUT2D eigenvalue weighted by atomic mass is 79.9. The summed E-state index contributed by atoms with van der Waals surface area (Å²) in [6, 6.07) is 0. The van der Waals surface area contributed by atoms with Crippen LogP contribution in [0.25, 0.3) is 0 Å². The average Bonchev–Trinajstić information content (AvgIpc) is 1.86. The number of hydrogen-bond donors (Lipinski definition) is 1. The van der Waals surface area contributed by atoms with Crippen molar-refractivity contribution in [2.24, 2.45) is 0 Å². The molecule has 1 radical (unpaired) electrons. The fraction of sp³-hybridized carbons (Fsp3) is 1.00. The molecule has 0 spiro atoms. The van der Waals surface area contributed by atoms with Gasteiger partial charge in [-0.05, 0) is 0 Å². The molecule has 0 amide bonds. The molecule has 1 N–H and O–H groups in total. The van der Waals surface area contributed by atoms with Crippen LogP contribution in [0.15, 0.2) is 0 Å². The van der Waals surface area contributed by atoms with Gasteiger partial charge in [0.2, 0.25) is 0 Å². The molecule has 0 aromatic carbocycles. The molecule has 1 aliphatic heterocycles. The lowest BCUT2D eigenvalue weighted by Crippen LogP contribution is -2.14. The van der Waals surface area contributed by atoms with Gasteiger partial charge in [0, 0.05) is 6.54 Å². The van der Waals surface area contributed by atoms with E-state index in [2.05, 4.69) is 26.6 Å². The molecule has 0 aliphatic carbocycles. The van der Waals surface area contributed by atoms with E-state index in [9.17, 15) is 0 Å². The van der Waals surface area contributed by atoms with E-state index in [0.29, 0.717) is 4.95 Å². The van der Waals surface area contributed by atoms with Crippen LogP contribution in [0.3, 0.4) is 0 Å². The van der Waals surface area contributed by atoms with Gasteiger partial charge in [-0.25, -0.2) is 5.32 Å². The second-order valence-corrected chi connectivity index (χ2v) is 2.34. The van der Waals surface area contributed by atoms with Crippen LogP contribution in [0.1, 0.15) is 0 Å². The van der Waals surface area contributed by atoms with E-state index < -0.39 is 0 Å². The van der Waals surface area contributed by atoms with Gasteiger partial charge in [0.25, 0.3) is 0 Å². The number of nitrogens with one attached hydrogen (secondary N) is 1. The first kappa shape index (κ1) is 4.56. The van der Waals surface area contributed by atoms with Crippen LogP contribution in [0.2, 0.25) is 0 Å². The van der Waals surface area contributed by atoms with Crippen molar-refractivity contribution in [3.05, 3.63) is 0 Å². The summed E-state index contributed by atoms with van der Waals surface area (Å²) in [6.07, 6.45) is 0. The Kier molecular flexibility index (Phi) is 1.45. The second kappa shape index (κ2) is 1.91. The van der Waals surface area contributed by atoms with E-state index in [1.54, 1.807) is 0 Å². The van der Waals surface area contributed by atoms with Crippen molar-refractivity contribution in [1.29, 1.82) is 0 Å². The Morgan fingerprint density at radius 1 is 1.83 bits per heavy atom. The Balaban J connectivity index is 2.18. The van der Waals surface area contributed by atoms with E-state index in [0.717, 1.165) is 13.2 Å². The number of alkyl halides is 1. The van der Waals surface area contributed by atoms with Crippen molar-refractivity contribution < 1.29 is 0 Å². The first-order valence-electron chi connectivity index (χ1n) is 1.90. The summed E-state index contributed by atoms with van der Waals surface area (Å²) in [4.78, 5) is 0.442. The van der Waals surface area contributed by atoms with Crippen LogP contribution in [0.4, 0.5) is 0 Å². The zero-order valence-electron chi connectivity index (χ0n) is 3.32. The Labute approximate surface area is 45.4 Å². The zero-order valence-corrected chi connectivity index (χ0v) is 4.90. The number of halogens is 1. The van der Waals surface area contributed by atoms with Gasteiger partial charge in [-0.1, -0.05) is 15.9 Å². The highest BCUT2D eigenvalue weighted by molar-refractivity contribution is 9.09. The molecule has 1 saturated heterocycles. The summed E-state index contributed by atoms with van der Waals surface area (Å²) in [6.45, 7) is 1.73. The van der Waals surface area contributed by atoms with E-state index in [4.69, 9.17) is 0 Å². The van der Waals surface area contributed by atoms with Crippen molar-refractivity contribution in [2.45, 2.75) is 4.95 Å². The van der Waals surface area contributed by atoms with Crippen molar-refractivity contribution >= 4 is 15.9 Å². The number of hydrogen-bond acceptors (Lipinski definition) is 1. The predicted molar refractivity (Wildman–Crippen MR) is 27.7 cm³/mol. The molecular formula is C3H6BrN2. The molecule has 1 atom stereocenters. The summed E-state index contributed by atoms with van der Waals surface area (Å²) < 4.78 is 0. The molecule has 0 saturated carbocycles. The summed E-state index contributed by atoms with van der Waals surface area (Å²) in [7, 11) is 0. The Morgan fingerprint density at radius 3 is 2.83 bits per heavy atom. The first-order chi connectivity index (χ1) is 2.89. The summed E-state index contributed by atoms with van der Waals surface area (Å²) in [5.41, 5.74) is 0. The molecule has 0 aromatic heterocycles. The highest BCUT2D eigenvalue weighted by Crippen LogP contribution is 1.95.